The maximum absolute atomic E-state index is 16.3. The van der Waals surface area contributed by atoms with E-state index in [0.29, 0.717) is 4.90 Å². The zero-order valence-electron chi connectivity index (χ0n) is 22.3. The molecule has 0 radical (unpaired) electrons. The molecule has 41 heavy (non-hydrogen) atoms. The first-order valence-electron chi connectivity index (χ1n) is 12.5. The molecule has 9 unspecified atom stereocenters. The minimum atomic E-state index is -6.78. The maximum atomic E-state index is 16.3. The number of ether oxygens (including phenoxy) is 2. The van der Waals surface area contributed by atoms with Gasteiger partial charge in [-0.15, -0.1) is 0 Å². The van der Waals surface area contributed by atoms with Crippen molar-refractivity contribution in [1.82, 2.24) is 4.90 Å². The van der Waals surface area contributed by atoms with Crippen LogP contribution in [0.1, 0.15) is 41.5 Å². The number of carbonyl (C=O) groups is 3. The van der Waals surface area contributed by atoms with E-state index in [1.807, 2.05) is 0 Å². The highest BCUT2D eigenvalue weighted by Crippen LogP contribution is 2.79. The number of imide groups is 1. The third-order valence-corrected chi connectivity index (χ3v) is 8.95. The Morgan fingerprint density at radius 2 is 1.32 bits per heavy atom. The van der Waals surface area contributed by atoms with Crippen LogP contribution in [0.25, 0.3) is 0 Å². The summed E-state index contributed by atoms with van der Waals surface area (Å²) < 4.78 is 175. The van der Waals surface area contributed by atoms with Gasteiger partial charge in [0.05, 0.1) is 5.92 Å². The molecule has 1 aliphatic carbocycles. The van der Waals surface area contributed by atoms with Gasteiger partial charge in [-0.25, -0.2) is 8.78 Å². The van der Waals surface area contributed by atoms with Gasteiger partial charge in [0, 0.05) is 24.3 Å². The molecule has 0 aromatic rings. The molecule has 4 fully saturated rings. The summed E-state index contributed by atoms with van der Waals surface area (Å²) in [5, 5.41) is 0. The van der Waals surface area contributed by atoms with Crippen molar-refractivity contribution in [2.75, 3.05) is 6.54 Å². The lowest BCUT2D eigenvalue weighted by atomic mass is 9.53. The molecule has 0 spiro atoms. The van der Waals surface area contributed by atoms with Crippen LogP contribution in [-0.4, -0.2) is 82.3 Å². The Balaban J connectivity index is 2.07. The quantitative estimate of drug-likeness (QED) is 0.256. The van der Waals surface area contributed by atoms with Gasteiger partial charge in [-0.05, 0) is 34.6 Å². The standard InChI is InChI=1S/C24H26F11NO5/c1-7-36-14(37)8(2)9(15(36)38)10-11(18(6,24(33,34)35)16(39)41-17(3,4)5)13-20(26)19(25,12(10)40-13)21(27,28)23(31,32)22(20,29)30/h8-13H,7H2,1-6H3. The molecule has 3 aliphatic heterocycles. The minimum absolute atomic E-state index is 0.0129. The summed E-state index contributed by atoms with van der Waals surface area (Å²) in [5.74, 6) is -34.8. The largest absolute Gasteiger partial charge is 0.459 e. The second-order valence-corrected chi connectivity index (χ2v) is 12.2. The van der Waals surface area contributed by atoms with E-state index >= 15 is 8.78 Å². The van der Waals surface area contributed by atoms with E-state index in [4.69, 9.17) is 9.47 Å². The fourth-order valence-corrected chi connectivity index (χ4v) is 6.94. The Morgan fingerprint density at radius 1 is 0.854 bits per heavy atom. The van der Waals surface area contributed by atoms with E-state index in [-0.39, 0.29) is 6.92 Å². The van der Waals surface area contributed by atoms with Gasteiger partial charge in [0.15, 0.2) is 5.41 Å². The summed E-state index contributed by atoms with van der Waals surface area (Å²) >= 11 is 0. The number of esters is 1. The van der Waals surface area contributed by atoms with Crippen molar-refractivity contribution in [2.45, 2.75) is 94.6 Å². The summed E-state index contributed by atoms with van der Waals surface area (Å²) in [6.07, 6.45) is -13.2. The van der Waals surface area contributed by atoms with Gasteiger partial charge in [-0.2, -0.15) is 39.5 Å². The minimum Gasteiger partial charge on any atom is -0.459 e. The first kappa shape index (κ1) is 31.7. The Kier molecular flexibility index (Phi) is 6.38. The lowest BCUT2D eigenvalue weighted by molar-refractivity contribution is -0.307. The van der Waals surface area contributed by atoms with E-state index in [9.17, 15) is 53.9 Å². The molecule has 234 valence electrons. The number of nitrogens with zero attached hydrogens (tertiary/aromatic N) is 1. The predicted octanol–water partition coefficient (Wildman–Crippen LogP) is 4.89. The van der Waals surface area contributed by atoms with Crippen LogP contribution in [0, 0.1) is 29.1 Å². The van der Waals surface area contributed by atoms with Crippen LogP contribution in [0.5, 0.6) is 0 Å². The first-order valence-corrected chi connectivity index (χ1v) is 12.5. The summed E-state index contributed by atoms with van der Waals surface area (Å²) in [7, 11) is 0. The number of halogens is 11. The van der Waals surface area contributed by atoms with Crippen molar-refractivity contribution < 1.29 is 72.2 Å². The molecule has 4 aliphatic rings. The summed E-state index contributed by atoms with van der Waals surface area (Å²) in [6.45, 7) is 5.01. The lowest BCUT2D eigenvalue weighted by Gasteiger charge is -2.50. The van der Waals surface area contributed by atoms with Crippen LogP contribution in [0.2, 0.25) is 0 Å². The van der Waals surface area contributed by atoms with Crippen LogP contribution in [0.3, 0.4) is 0 Å². The first-order chi connectivity index (χ1) is 18.2. The normalized spacial score (nSPS) is 42.4. The molecule has 2 bridgehead atoms. The Bertz CT molecular complexity index is 1190. The van der Waals surface area contributed by atoms with Crippen molar-refractivity contribution in [3.63, 3.8) is 0 Å². The van der Waals surface area contributed by atoms with Gasteiger partial charge in [0.25, 0.3) is 0 Å². The SMILES string of the molecule is CCN1C(=O)C(C)C(C2C(C(C)(C(=O)OC(C)(C)C)C(F)(F)F)C3OC2C2(F)C(F)(F)C(F)(F)C(F)(F)C32F)C1=O. The second-order valence-electron chi connectivity index (χ2n) is 12.2. The van der Waals surface area contributed by atoms with E-state index < -0.39 is 107 Å². The van der Waals surface area contributed by atoms with E-state index in [1.54, 1.807) is 0 Å². The molecule has 0 aromatic carbocycles. The highest BCUT2D eigenvalue weighted by molar-refractivity contribution is 6.05. The average Bonchev–Trinajstić information content (AvgIpc) is 3.39. The number of rotatable bonds is 4. The molecule has 0 N–H and O–H groups in total. The van der Waals surface area contributed by atoms with E-state index in [1.165, 1.54) is 6.92 Å². The van der Waals surface area contributed by atoms with Gasteiger partial charge < -0.3 is 9.47 Å². The number of fused-ring (bicyclic) bond motifs is 5. The Labute approximate surface area is 225 Å². The number of amides is 2. The van der Waals surface area contributed by atoms with Crippen molar-refractivity contribution in [2.24, 2.45) is 29.1 Å². The van der Waals surface area contributed by atoms with Gasteiger partial charge in [-0.3, -0.25) is 19.3 Å². The summed E-state index contributed by atoms with van der Waals surface area (Å²) in [4.78, 5) is 39.5. The van der Waals surface area contributed by atoms with Crippen molar-refractivity contribution in [3.8, 4) is 0 Å². The fourth-order valence-electron chi connectivity index (χ4n) is 6.94. The fraction of sp³-hybridized carbons (Fsp3) is 0.875. The predicted molar refractivity (Wildman–Crippen MR) is 113 cm³/mol. The Morgan fingerprint density at radius 3 is 1.71 bits per heavy atom. The molecular weight excluding hydrogens is 591 g/mol. The van der Waals surface area contributed by atoms with Gasteiger partial charge >= 0.3 is 29.9 Å². The number of alkyl halides is 11. The van der Waals surface area contributed by atoms with Crippen LogP contribution in [0.15, 0.2) is 0 Å². The number of hydrogen-bond acceptors (Lipinski definition) is 5. The molecule has 17 heteroatoms. The van der Waals surface area contributed by atoms with E-state index in [0.717, 1.165) is 27.7 Å². The summed E-state index contributed by atoms with van der Waals surface area (Å²) in [5.41, 5.74) is -17.4. The molecule has 3 heterocycles. The highest BCUT2D eigenvalue weighted by atomic mass is 19.4. The highest BCUT2D eigenvalue weighted by Gasteiger charge is 3.07. The summed E-state index contributed by atoms with van der Waals surface area (Å²) in [6, 6.07) is 0. The van der Waals surface area contributed by atoms with Crippen molar-refractivity contribution in [1.29, 1.82) is 0 Å². The third kappa shape index (κ3) is 3.21. The molecule has 1 saturated carbocycles. The van der Waals surface area contributed by atoms with Crippen LogP contribution in [-0.2, 0) is 23.9 Å². The molecule has 3 saturated heterocycles. The Hall–Kier alpha value is -2.20. The van der Waals surface area contributed by atoms with Crippen molar-refractivity contribution >= 4 is 17.8 Å². The molecule has 0 aromatic heterocycles. The monoisotopic (exact) mass is 617 g/mol. The molecule has 6 nitrogen and oxygen atoms in total. The van der Waals surface area contributed by atoms with Gasteiger partial charge in [0.1, 0.15) is 17.8 Å². The van der Waals surface area contributed by atoms with Crippen LogP contribution >= 0.6 is 0 Å². The third-order valence-electron chi connectivity index (χ3n) is 8.95. The molecule has 4 rings (SSSR count). The van der Waals surface area contributed by atoms with Gasteiger partial charge in [0.2, 0.25) is 23.2 Å². The smallest absolute Gasteiger partial charge is 0.405 e. The molecule has 9 atom stereocenters. The number of likely N-dealkylation sites (tertiary alicyclic amines) is 1. The zero-order valence-corrected chi connectivity index (χ0v) is 22.3. The van der Waals surface area contributed by atoms with Gasteiger partial charge in [-0.1, -0.05) is 6.92 Å². The molecular formula is C24H26F11NO5. The second kappa shape index (κ2) is 8.24. The number of hydrogen-bond donors (Lipinski definition) is 0. The maximum Gasteiger partial charge on any atom is 0.405 e. The molecule has 2 amide bonds. The van der Waals surface area contributed by atoms with Crippen LogP contribution in [0.4, 0.5) is 48.3 Å². The lowest BCUT2D eigenvalue weighted by Crippen LogP contribution is -2.72. The average molecular weight is 617 g/mol. The number of carbonyl (C=O) groups excluding carboxylic acids is 3. The van der Waals surface area contributed by atoms with Crippen LogP contribution < -0.4 is 0 Å². The zero-order chi connectivity index (χ0) is 31.9. The topological polar surface area (TPSA) is 72.9 Å². The van der Waals surface area contributed by atoms with E-state index in [2.05, 4.69) is 0 Å². The van der Waals surface area contributed by atoms with Crippen molar-refractivity contribution in [3.05, 3.63) is 0 Å².